The van der Waals surface area contributed by atoms with E-state index in [2.05, 4.69) is 11.0 Å². The Morgan fingerprint density at radius 2 is 1.62 bits per heavy atom. The van der Waals surface area contributed by atoms with Crippen molar-refractivity contribution in [2.24, 2.45) is 0 Å². The highest BCUT2D eigenvalue weighted by molar-refractivity contribution is 5.53. The third kappa shape index (κ3) is 3.22. The third-order valence-corrected chi connectivity index (χ3v) is 2.31. The molecule has 1 rings (SSSR count). The summed E-state index contributed by atoms with van der Waals surface area (Å²) in [6.45, 7) is 5.24. The molecule has 0 radical (unpaired) electrons. The fraction of sp³-hybridized carbons (Fsp3) is 0.538. The first-order valence-corrected chi connectivity index (χ1v) is 5.70. The van der Waals surface area contributed by atoms with Gasteiger partial charge in [0, 0.05) is 38.6 Å². The van der Waals surface area contributed by atoms with Gasteiger partial charge < -0.3 is 14.4 Å². The van der Waals surface area contributed by atoms with Gasteiger partial charge in [0.05, 0.1) is 0 Å². The largest absolute Gasteiger partial charge is 0.377 e. The first-order valence-electron chi connectivity index (χ1n) is 5.70. The van der Waals surface area contributed by atoms with E-state index in [1.807, 2.05) is 46.1 Å². The smallest absolute Gasteiger partial charge is 0.185 e. The van der Waals surface area contributed by atoms with Crippen molar-refractivity contribution in [3.63, 3.8) is 0 Å². The van der Waals surface area contributed by atoms with Crippen molar-refractivity contribution in [1.82, 2.24) is 0 Å². The van der Waals surface area contributed by atoms with Gasteiger partial charge in [-0.1, -0.05) is 18.2 Å². The van der Waals surface area contributed by atoms with Crippen molar-refractivity contribution in [1.29, 1.82) is 0 Å². The van der Waals surface area contributed by atoms with Crippen LogP contribution in [-0.4, -0.2) is 27.3 Å². The average molecular weight is 223 g/mol. The highest BCUT2D eigenvalue weighted by atomic mass is 16.7. The summed E-state index contributed by atoms with van der Waals surface area (Å²) in [6, 6.07) is 8.15. The molecule has 0 saturated heterocycles. The summed E-state index contributed by atoms with van der Waals surface area (Å²) in [6.07, 6.45) is -0.270. The zero-order chi connectivity index (χ0) is 12.0. The van der Waals surface area contributed by atoms with Gasteiger partial charge in [0.2, 0.25) is 0 Å². The fourth-order valence-corrected chi connectivity index (χ4v) is 1.62. The third-order valence-electron chi connectivity index (χ3n) is 2.31. The van der Waals surface area contributed by atoms with Gasteiger partial charge in [-0.3, -0.25) is 0 Å². The summed E-state index contributed by atoms with van der Waals surface area (Å²) in [5.41, 5.74) is 2.21. The maximum absolute atomic E-state index is 5.61. The Labute approximate surface area is 98.0 Å². The topological polar surface area (TPSA) is 21.7 Å². The quantitative estimate of drug-likeness (QED) is 0.692. The van der Waals surface area contributed by atoms with E-state index in [9.17, 15) is 0 Å². The minimum atomic E-state index is -0.270. The molecular formula is C13H21NO2. The van der Waals surface area contributed by atoms with Crippen LogP contribution >= 0.6 is 0 Å². The van der Waals surface area contributed by atoms with Crippen molar-refractivity contribution >= 4 is 5.69 Å². The molecule has 0 fully saturated rings. The number of nitrogens with zero attached hydrogens (tertiary/aromatic N) is 1. The van der Waals surface area contributed by atoms with Gasteiger partial charge in [0.15, 0.2) is 6.29 Å². The number of ether oxygens (including phenoxy) is 2. The van der Waals surface area contributed by atoms with Crippen LogP contribution in [0.2, 0.25) is 0 Å². The molecule has 0 aliphatic heterocycles. The van der Waals surface area contributed by atoms with Crippen molar-refractivity contribution in [3.05, 3.63) is 29.8 Å². The van der Waals surface area contributed by atoms with Gasteiger partial charge in [-0.2, -0.15) is 0 Å². The maximum atomic E-state index is 5.61. The monoisotopic (exact) mass is 223 g/mol. The van der Waals surface area contributed by atoms with Gasteiger partial charge >= 0.3 is 0 Å². The van der Waals surface area contributed by atoms with Crippen LogP contribution in [0.1, 0.15) is 25.7 Å². The Bertz CT molecular complexity index is 307. The number of hydrogen-bond donors (Lipinski definition) is 0. The normalized spacial score (nSPS) is 10.8. The molecule has 0 aliphatic rings. The van der Waals surface area contributed by atoms with Crippen molar-refractivity contribution in [3.8, 4) is 0 Å². The lowest BCUT2D eigenvalue weighted by Crippen LogP contribution is -2.16. The van der Waals surface area contributed by atoms with Crippen LogP contribution in [0.5, 0.6) is 0 Å². The molecule has 90 valence electrons. The van der Waals surface area contributed by atoms with Gasteiger partial charge in [0.1, 0.15) is 0 Å². The SMILES string of the molecule is CCOC(OCC)c1ccccc1N(C)C. The molecule has 0 amide bonds. The summed E-state index contributed by atoms with van der Waals surface area (Å²) >= 11 is 0. The van der Waals surface area contributed by atoms with Crippen molar-refractivity contribution in [2.75, 3.05) is 32.2 Å². The lowest BCUT2D eigenvalue weighted by molar-refractivity contribution is -0.139. The number of benzene rings is 1. The second-order valence-electron chi connectivity index (χ2n) is 3.70. The van der Waals surface area contributed by atoms with E-state index in [0.29, 0.717) is 13.2 Å². The Morgan fingerprint density at radius 1 is 1.06 bits per heavy atom. The number of rotatable bonds is 6. The summed E-state index contributed by atoms with van der Waals surface area (Å²) in [5, 5.41) is 0. The highest BCUT2D eigenvalue weighted by Gasteiger charge is 2.15. The van der Waals surface area contributed by atoms with E-state index in [1.54, 1.807) is 0 Å². The minimum absolute atomic E-state index is 0.270. The van der Waals surface area contributed by atoms with Crippen LogP contribution in [-0.2, 0) is 9.47 Å². The zero-order valence-corrected chi connectivity index (χ0v) is 10.6. The van der Waals surface area contributed by atoms with Crippen LogP contribution in [0.3, 0.4) is 0 Å². The zero-order valence-electron chi connectivity index (χ0n) is 10.6. The predicted octanol–water partition coefficient (Wildman–Crippen LogP) is 2.82. The number of para-hydroxylation sites is 1. The van der Waals surface area contributed by atoms with Crippen LogP contribution in [0.25, 0.3) is 0 Å². The Kier molecular flexibility index (Phi) is 5.29. The minimum Gasteiger partial charge on any atom is -0.377 e. The Morgan fingerprint density at radius 3 is 2.12 bits per heavy atom. The van der Waals surface area contributed by atoms with E-state index < -0.39 is 0 Å². The van der Waals surface area contributed by atoms with E-state index in [-0.39, 0.29) is 6.29 Å². The summed E-state index contributed by atoms with van der Waals surface area (Å²) in [5.74, 6) is 0. The van der Waals surface area contributed by atoms with Gasteiger partial charge in [-0.15, -0.1) is 0 Å². The van der Waals surface area contributed by atoms with Crippen LogP contribution in [0, 0.1) is 0 Å². The van der Waals surface area contributed by atoms with Crippen molar-refractivity contribution < 1.29 is 9.47 Å². The summed E-state index contributed by atoms with van der Waals surface area (Å²) in [7, 11) is 4.04. The first kappa shape index (κ1) is 13.0. The Hall–Kier alpha value is -1.06. The molecule has 0 heterocycles. The predicted molar refractivity (Wildman–Crippen MR) is 66.8 cm³/mol. The molecule has 3 nitrogen and oxygen atoms in total. The van der Waals surface area contributed by atoms with E-state index in [4.69, 9.17) is 9.47 Å². The fourth-order valence-electron chi connectivity index (χ4n) is 1.62. The molecule has 1 aromatic rings. The van der Waals surface area contributed by atoms with Gasteiger partial charge in [-0.05, 0) is 19.9 Å². The number of anilines is 1. The molecule has 0 N–H and O–H groups in total. The molecule has 0 unspecified atom stereocenters. The van der Waals surface area contributed by atoms with Crippen LogP contribution in [0.15, 0.2) is 24.3 Å². The molecule has 16 heavy (non-hydrogen) atoms. The standard InChI is InChI=1S/C13H21NO2/c1-5-15-13(16-6-2)11-9-7-8-10-12(11)14(3)4/h7-10,13H,5-6H2,1-4H3. The molecule has 0 aliphatic carbocycles. The van der Waals surface area contributed by atoms with Gasteiger partial charge in [0.25, 0.3) is 0 Å². The lowest BCUT2D eigenvalue weighted by Gasteiger charge is -2.23. The molecule has 0 atom stereocenters. The van der Waals surface area contributed by atoms with Gasteiger partial charge in [-0.25, -0.2) is 0 Å². The number of hydrogen-bond acceptors (Lipinski definition) is 3. The molecule has 0 bridgehead atoms. The van der Waals surface area contributed by atoms with E-state index in [1.165, 1.54) is 0 Å². The molecule has 0 saturated carbocycles. The molecule has 3 heteroatoms. The highest BCUT2D eigenvalue weighted by Crippen LogP contribution is 2.28. The molecular weight excluding hydrogens is 202 g/mol. The second-order valence-corrected chi connectivity index (χ2v) is 3.70. The second kappa shape index (κ2) is 6.51. The van der Waals surface area contributed by atoms with Crippen LogP contribution < -0.4 is 4.90 Å². The van der Waals surface area contributed by atoms with E-state index >= 15 is 0 Å². The average Bonchev–Trinajstić information content (AvgIpc) is 2.29. The lowest BCUT2D eigenvalue weighted by atomic mass is 10.1. The summed E-state index contributed by atoms with van der Waals surface area (Å²) in [4.78, 5) is 2.07. The maximum Gasteiger partial charge on any atom is 0.185 e. The first-order chi connectivity index (χ1) is 7.70. The molecule has 1 aromatic carbocycles. The molecule has 0 spiro atoms. The van der Waals surface area contributed by atoms with Crippen molar-refractivity contribution in [2.45, 2.75) is 20.1 Å². The summed E-state index contributed by atoms with van der Waals surface area (Å²) < 4.78 is 11.2. The van der Waals surface area contributed by atoms with Crippen LogP contribution in [0.4, 0.5) is 5.69 Å². The Balaban J connectivity index is 2.97. The van der Waals surface area contributed by atoms with E-state index in [0.717, 1.165) is 11.3 Å². The molecule has 0 aromatic heterocycles.